The third kappa shape index (κ3) is 6.20. The Morgan fingerprint density at radius 1 is 1.24 bits per heavy atom. The lowest BCUT2D eigenvalue weighted by Crippen LogP contribution is -2.44. The number of hydrogen-bond acceptors (Lipinski definition) is 5. The lowest BCUT2D eigenvalue weighted by molar-refractivity contribution is -0.120. The van der Waals surface area contributed by atoms with E-state index in [9.17, 15) is 13.2 Å². The minimum atomic E-state index is -3.26. The summed E-state index contributed by atoms with van der Waals surface area (Å²) < 4.78 is 26.3. The van der Waals surface area contributed by atoms with Crippen LogP contribution in [0.15, 0.2) is 18.2 Å². The largest absolute Gasteiger partial charge is 0.326 e. The summed E-state index contributed by atoms with van der Waals surface area (Å²) in [5.41, 5.74) is 3.07. The molecule has 2 aliphatic heterocycles. The van der Waals surface area contributed by atoms with Crippen LogP contribution >= 0.6 is 11.8 Å². The average molecular weight is 440 g/mol. The highest BCUT2D eigenvalue weighted by atomic mass is 32.2. The van der Waals surface area contributed by atoms with E-state index in [-0.39, 0.29) is 17.6 Å². The van der Waals surface area contributed by atoms with E-state index in [2.05, 4.69) is 28.4 Å². The minimum Gasteiger partial charge on any atom is -0.326 e. The monoisotopic (exact) mass is 439 g/mol. The molecule has 0 spiro atoms. The number of anilines is 1. The summed E-state index contributed by atoms with van der Waals surface area (Å²) in [5.74, 6) is 2.13. The van der Waals surface area contributed by atoms with E-state index in [0.29, 0.717) is 19.5 Å². The van der Waals surface area contributed by atoms with E-state index in [1.54, 1.807) is 0 Å². The van der Waals surface area contributed by atoms with Crippen molar-refractivity contribution in [3.05, 3.63) is 29.3 Å². The van der Waals surface area contributed by atoms with Crippen molar-refractivity contribution in [1.29, 1.82) is 0 Å². The fourth-order valence-corrected chi connectivity index (χ4v) is 6.52. The van der Waals surface area contributed by atoms with E-state index in [0.717, 1.165) is 43.7 Å². The van der Waals surface area contributed by atoms with Gasteiger partial charge in [-0.3, -0.25) is 9.69 Å². The summed E-state index contributed by atoms with van der Waals surface area (Å²) in [7, 11) is -3.26. The van der Waals surface area contributed by atoms with Crippen LogP contribution in [0.4, 0.5) is 5.69 Å². The van der Waals surface area contributed by atoms with Crippen LogP contribution in [0, 0.1) is 12.8 Å². The number of amides is 1. The molecule has 1 amide bonds. The van der Waals surface area contributed by atoms with Crippen molar-refractivity contribution >= 4 is 33.4 Å². The maximum Gasteiger partial charge on any atom is 0.228 e. The Labute approximate surface area is 179 Å². The molecule has 2 saturated heterocycles. The summed E-state index contributed by atoms with van der Waals surface area (Å²) in [6.45, 7) is 7.78. The van der Waals surface area contributed by atoms with Crippen molar-refractivity contribution in [2.45, 2.75) is 39.7 Å². The Bertz CT molecular complexity index is 807. The van der Waals surface area contributed by atoms with E-state index in [1.165, 1.54) is 21.4 Å². The minimum absolute atomic E-state index is 0.0731. The number of rotatable bonds is 7. The second kappa shape index (κ2) is 10.3. The molecule has 1 aromatic carbocycles. The number of sulfonamides is 1. The number of hydrogen-bond donors (Lipinski definition) is 1. The molecule has 29 heavy (non-hydrogen) atoms. The van der Waals surface area contributed by atoms with Crippen LogP contribution in [0.3, 0.4) is 0 Å². The molecule has 3 rings (SSSR count). The van der Waals surface area contributed by atoms with Crippen molar-refractivity contribution in [3.63, 3.8) is 0 Å². The predicted molar refractivity (Wildman–Crippen MR) is 121 cm³/mol. The van der Waals surface area contributed by atoms with Crippen LogP contribution < -0.4 is 5.32 Å². The van der Waals surface area contributed by atoms with Gasteiger partial charge in [-0.05, 0) is 43.4 Å². The molecule has 0 bridgehead atoms. The first kappa shape index (κ1) is 22.6. The summed E-state index contributed by atoms with van der Waals surface area (Å²) in [6.07, 6.45) is 2.05. The Balaban J connectivity index is 1.64. The van der Waals surface area contributed by atoms with Crippen LogP contribution in [0.25, 0.3) is 0 Å². The summed E-state index contributed by atoms with van der Waals surface area (Å²) >= 11 is 2.00. The predicted octanol–water partition coefficient (Wildman–Crippen LogP) is 2.93. The molecule has 1 unspecified atom stereocenters. The molecule has 0 saturated carbocycles. The molecule has 0 aromatic heterocycles. The fraction of sp³-hybridized carbons (Fsp3) is 0.667. The maximum atomic E-state index is 12.9. The first-order chi connectivity index (χ1) is 13.9. The molecule has 8 heteroatoms. The van der Waals surface area contributed by atoms with Gasteiger partial charge < -0.3 is 5.32 Å². The number of aryl methyl sites for hydroxylation is 1. The Morgan fingerprint density at radius 3 is 2.72 bits per heavy atom. The van der Waals surface area contributed by atoms with Crippen molar-refractivity contribution < 1.29 is 13.2 Å². The lowest BCUT2D eigenvalue weighted by Gasteiger charge is -2.31. The van der Waals surface area contributed by atoms with Gasteiger partial charge in [-0.15, -0.1) is 0 Å². The van der Waals surface area contributed by atoms with Gasteiger partial charge in [0.25, 0.3) is 0 Å². The van der Waals surface area contributed by atoms with Gasteiger partial charge >= 0.3 is 0 Å². The highest BCUT2D eigenvalue weighted by Gasteiger charge is 2.32. The van der Waals surface area contributed by atoms with E-state index in [4.69, 9.17) is 0 Å². The smallest absolute Gasteiger partial charge is 0.228 e. The lowest BCUT2D eigenvalue weighted by atomic mass is 9.98. The number of piperidine rings is 1. The number of carbonyl (C=O) groups excluding carboxylic acids is 1. The Kier molecular flexibility index (Phi) is 8.01. The van der Waals surface area contributed by atoms with Crippen molar-refractivity contribution in [2.75, 3.05) is 48.8 Å². The zero-order valence-electron chi connectivity index (χ0n) is 17.5. The zero-order chi connectivity index (χ0) is 20.9. The zero-order valence-corrected chi connectivity index (χ0v) is 19.2. The van der Waals surface area contributed by atoms with Gasteiger partial charge in [0, 0.05) is 49.9 Å². The molecule has 6 nitrogen and oxygen atoms in total. The van der Waals surface area contributed by atoms with Crippen LogP contribution in [0.1, 0.15) is 37.3 Å². The molecule has 2 heterocycles. The number of carbonyl (C=O) groups is 1. The molecular weight excluding hydrogens is 406 g/mol. The molecule has 162 valence electrons. The first-order valence-electron chi connectivity index (χ1n) is 10.6. The molecule has 2 fully saturated rings. The number of thioether (sulfide) groups is 1. The standard InChI is InChI=1S/C21H33N3O3S2/c1-3-13-29(26,27)24-8-4-5-19(16-24)21(25)22-20-14-18(7-6-17(20)2)15-23-9-11-28-12-10-23/h6-7,14,19H,3-5,8-13,15-16H2,1-2H3,(H,22,25). The van der Waals surface area contributed by atoms with Gasteiger partial charge in [0.15, 0.2) is 0 Å². The summed E-state index contributed by atoms with van der Waals surface area (Å²) in [5, 5.41) is 3.08. The fourth-order valence-electron chi connectivity index (χ4n) is 3.95. The second-order valence-electron chi connectivity index (χ2n) is 8.04. The van der Waals surface area contributed by atoms with Crippen molar-refractivity contribution in [2.24, 2.45) is 5.92 Å². The van der Waals surface area contributed by atoms with Crippen LogP contribution in [0.2, 0.25) is 0 Å². The molecule has 0 radical (unpaired) electrons. The van der Waals surface area contributed by atoms with E-state index in [1.807, 2.05) is 25.6 Å². The molecule has 1 N–H and O–H groups in total. The van der Waals surface area contributed by atoms with Crippen molar-refractivity contribution in [3.8, 4) is 0 Å². The van der Waals surface area contributed by atoms with Gasteiger partial charge in [0.2, 0.25) is 15.9 Å². The van der Waals surface area contributed by atoms with Crippen LogP contribution in [-0.4, -0.2) is 67.0 Å². The van der Waals surface area contributed by atoms with Gasteiger partial charge in [0.05, 0.1) is 11.7 Å². The van der Waals surface area contributed by atoms with Crippen LogP contribution in [-0.2, 0) is 21.4 Å². The molecular formula is C21H33N3O3S2. The highest BCUT2D eigenvalue weighted by molar-refractivity contribution is 7.99. The maximum absolute atomic E-state index is 12.9. The second-order valence-corrected chi connectivity index (χ2v) is 11.4. The molecule has 1 aromatic rings. The Hall–Kier alpha value is -1.09. The van der Waals surface area contributed by atoms with Gasteiger partial charge in [-0.1, -0.05) is 19.1 Å². The van der Waals surface area contributed by atoms with Crippen molar-refractivity contribution in [1.82, 2.24) is 9.21 Å². The normalized spacial score (nSPS) is 21.8. The number of nitrogens with zero attached hydrogens (tertiary/aromatic N) is 2. The third-order valence-corrected chi connectivity index (χ3v) is 8.67. The quantitative estimate of drug-likeness (QED) is 0.707. The molecule has 1 atom stereocenters. The van der Waals surface area contributed by atoms with Gasteiger partial charge in [-0.2, -0.15) is 11.8 Å². The number of benzene rings is 1. The van der Waals surface area contributed by atoms with E-state index < -0.39 is 10.0 Å². The van der Waals surface area contributed by atoms with E-state index >= 15 is 0 Å². The first-order valence-corrected chi connectivity index (χ1v) is 13.3. The average Bonchev–Trinajstić information content (AvgIpc) is 2.71. The Morgan fingerprint density at radius 2 is 2.00 bits per heavy atom. The van der Waals surface area contributed by atoms with Crippen LogP contribution in [0.5, 0.6) is 0 Å². The topological polar surface area (TPSA) is 69.7 Å². The molecule has 2 aliphatic rings. The van der Waals surface area contributed by atoms with Gasteiger partial charge in [0.1, 0.15) is 0 Å². The van der Waals surface area contributed by atoms with Gasteiger partial charge in [-0.25, -0.2) is 12.7 Å². The third-order valence-electron chi connectivity index (χ3n) is 5.68. The SMILES string of the molecule is CCCS(=O)(=O)N1CCCC(C(=O)Nc2cc(CN3CCSCC3)ccc2C)C1. The highest BCUT2D eigenvalue weighted by Crippen LogP contribution is 2.24. The summed E-state index contributed by atoms with van der Waals surface area (Å²) in [6, 6.07) is 6.26. The number of nitrogens with one attached hydrogen (secondary N) is 1. The molecule has 0 aliphatic carbocycles. The summed E-state index contributed by atoms with van der Waals surface area (Å²) in [4.78, 5) is 15.4.